The van der Waals surface area contributed by atoms with Crippen LogP contribution in [0.15, 0.2) is 24.3 Å². The van der Waals surface area contributed by atoms with E-state index in [1.165, 1.54) is 6.92 Å². The number of nitrogens with zero attached hydrogens (tertiary/aromatic N) is 1. The molecule has 35 heavy (non-hydrogen) atoms. The molecule has 4 atom stereocenters. The van der Waals surface area contributed by atoms with Crippen molar-refractivity contribution in [3.8, 4) is 5.75 Å². The molecule has 0 saturated carbocycles. The van der Waals surface area contributed by atoms with Gasteiger partial charge in [-0.05, 0) is 38.8 Å². The smallest absolute Gasteiger partial charge is 0.255 e. The summed E-state index contributed by atoms with van der Waals surface area (Å²) >= 11 is 0. The lowest BCUT2D eigenvalue weighted by molar-refractivity contribution is -0.140. The Kier molecular flexibility index (Phi) is 9.44. The highest BCUT2D eigenvalue weighted by Crippen LogP contribution is 2.23. The van der Waals surface area contributed by atoms with Crippen molar-refractivity contribution in [2.24, 2.45) is 0 Å². The molecular weight excluding hydrogens is 456 g/mol. The molecule has 1 fully saturated rings. The zero-order chi connectivity index (χ0) is 25.4. The molecule has 0 unspecified atom stereocenters. The highest BCUT2D eigenvalue weighted by Gasteiger charge is 2.37. The van der Waals surface area contributed by atoms with E-state index in [9.17, 15) is 24.3 Å². The molecule has 2 aliphatic rings. The minimum Gasteiger partial charge on any atom is -0.491 e. The van der Waals surface area contributed by atoms with Gasteiger partial charge >= 0.3 is 0 Å². The van der Waals surface area contributed by atoms with E-state index in [0.29, 0.717) is 25.3 Å². The summed E-state index contributed by atoms with van der Waals surface area (Å²) in [6.07, 6.45) is -0.123. The van der Waals surface area contributed by atoms with Crippen molar-refractivity contribution in [3.63, 3.8) is 0 Å². The Labute approximate surface area is 204 Å². The standard InChI is InChI=1S/C24H34N4O7/c1-3-34-12-10-25-23(32)18-13-20(30)27-21(15(2)29)24(33)28-11-6-7-16(28)14-35-19-9-5-4-8-17(19)22(31)26-18/h4-5,8-9,15-16,18,21,29H,3,6-7,10-14H2,1-2H3,(H,25,32)(H,26,31)(H,27,30)/t15-,16-,18+,21+/m1/s1. The number of hydrogen-bond acceptors (Lipinski definition) is 7. The quantitative estimate of drug-likeness (QED) is 0.396. The lowest BCUT2D eigenvalue weighted by atomic mass is 10.1. The van der Waals surface area contributed by atoms with Crippen molar-refractivity contribution in [2.75, 3.05) is 32.9 Å². The SMILES string of the molecule is CCOCCNC(=O)[C@@H]1CC(=O)N[C@@H]([C@@H](C)O)C(=O)N2CCC[C@@H]2COc2ccccc2C(=O)N1. The topological polar surface area (TPSA) is 146 Å². The molecule has 0 bridgehead atoms. The molecule has 0 radical (unpaired) electrons. The van der Waals surface area contributed by atoms with Gasteiger partial charge in [0.25, 0.3) is 5.91 Å². The number of hydrogen-bond donors (Lipinski definition) is 4. The Hall–Kier alpha value is -3.18. The first kappa shape index (κ1) is 26.4. The summed E-state index contributed by atoms with van der Waals surface area (Å²) in [5.74, 6) is -1.88. The van der Waals surface area contributed by atoms with Crippen LogP contribution in [0.4, 0.5) is 0 Å². The fourth-order valence-electron chi connectivity index (χ4n) is 4.21. The van der Waals surface area contributed by atoms with Gasteiger partial charge in [-0.15, -0.1) is 0 Å². The number of benzene rings is 1. The number of rotatable bonds is 6. The number of fused-ring (bicyclic) bond motifs is 2. The number of ether oxygens (including phenoxy) is 2. The van der Waals surface area contributed by atoms with Crippen LogP contribution in [0.3, 0.4) is 0 Å². The van der Waals surface area contributed by atoms with E-state index in [1.807, 2.05) is 6.92 Å². The molecule has 1 aromatic carbocycles. The second-order valence-corrected chi connectivity index (χ2v) is 8.64. The number of aliphatic hydroxyl groups excluding tert-OH is 1. The van der Waals surface area contributed by atoms with Gasteiger partial charge < -0.3 is 35.4 Å². The minimum atomic E-state index is -1.22. The Morgan fingerprint density at radius 3 is 2.80 bits per heavy atom. The molecule has 0 aliphatic carbocycles. The van der Waals surface area contributed by atoms with Crippen LogP contribution in [-0.4, -0.2) is 90.8 Å². The summed E-state index contributed by atoms with van der Waals surface area (Å²) in [6, 6.07) is 3.95. The van der Waals surface area contributed by atoms with E-state index in [0.717, 1.165) is 6.42 Å². The second-order valence-electron chi connectivity index (χ2n) is 8.64. The zero-order valence-corrected chi connectivity index (χ0v) is 20.1. The third-order valence-corrected chi connectivity index (χ3v) is 6.05. The van der Waals surface area contributed by atoms with Gasteiger partial charge in [0.05, 0.1) is 30.7 Å². The molecule has 11 heteroatoms. The van der Waals surface area contributed by atoms with Crippen LogP contribution in [-0.2, 0) is 19.1 Å². The maximum atomic E-state index is 13.2. The molecule has 11 nitrogen and oxygen atoms in total. The van der Waals surface area contributed by atoms with Crippen LogP contribution in [0.5, 0.6) is 5.75 Å². The number of para-hydroxylation sites is 1. The van der Waals surface area contributed by atoms with Gasteiger partial charge in [0.1, 0.15) is 24.4 Å². The second kappa shape index (κ2) is 12.5. The Morgan fingerprint density at radius 2 is 2.06 bits per heavy atom. The van der Waals surface area contributed by atoms with E-state index in [4.69, 9.17) is 9.47 Å². The van der Waals surface area contributed by atoms with Gasteiger partial charge in [0, 0.05) is 19.7 Å². The van der Waals surface area contributed by atoms with Gasteiger partial charge in [0.2, 0.25) is 17.7 Å². The summed E-state index contributed by atoms with van der Waals surface area (Å²) in [4.78, 5) is 53.6. The van der Waals surface area contributed by atoms with E-state index >= 15 is 0 Å². The monoisotopic (exact) mass is 490 g/mol. The third-order valence-electron chi connectivity index (χ3n) is 6.05. The van der Waals surface area contributed by atoms with E-state index < -0.39 is 48.2 Å². The molecule has 192 valence electrons. The summed E-state index contributed by atoms with van der Waals surface area (Å²) in [6.45, 7) is 4.84. The maximum absolute atomic E-state index is 13.2. The Morgan fingerprint density at radius 1 is 1.29 bits per heavy atom. The average molecular weight is 491 g/mol. The van der Waals surface area contributed by atoms with Crippen LogP contribution in [0.1, 0.15) is 43.5 Å². The van der Waals surface area contributed by atoms with E-state index in [2.05, 4.69) is 16.0 Å². The predicted octanol–water partition coefficient (Wildman–Crippen LogP) is -0.423. The summed E-state index contributed by atoms with van der Waals surface area (Å²) in [7, 11) is 0. The van der Waals surface area contributed by atoms with Crippen LogP contribution in [0, 0.1) is 0 Å². The van der Waals surface area contributed by atoms with Crippen molar-refractivity contribution in [2.45, 2.75) is 57.3 Å². The number of carbonyl (C=O) groups is 4. The highest BCUT2D eigenvalue weighted by atomic mass is 16.5. The zero-order valence-electron chi connectivity index (χ0n) is 20.1. The summed E-state index contributed by atoms with van der Waals surface area (Å²) in [5, 5.41) is 18.1. The number of carbonyl (C=O) groups excluding carboxylic acids is 4. The molecule has 4 N–H and O–H groups in total. The van der Waals surface area contributed by atoms with Crippen LogP contribution < -0.4 is 20.7 Å². The minimum absolute atomic E-state index is 0.151. The van der Waals surface area contributed by atoms with Crippen molar-refractivity contribution in [1.82, 2.24) is 20.9 Å². The molecule has 2 aliphatic heterocycles. The van der Waals surface area contributed by atoms with Crippen LogP contribution >= 0.6 is 0 Å². The first-order valence-electron chi connectivity index (χ1n) is 12.0. The lowest BCUT2D eigenvalue weighted by Gasteiger charge is -2.31. The van der Waals surface area contributed by atoms with Gasteiger partial charge in [-0.2, -0.15) is 0 Å². The lowest BCUT2D eigenvalue weighted by Crippen LogP contribution is -2.57. The molecule has 1 saturated heterocycles. The van der Waals surface area contributed by atoms with Crippen molar-refractivity contribution < 1.29 is 33.8 Å². The Bertz CT molecular complexity index is 923. The van der Waals surface area contributed by atoms with Crippen LogP contribution in [0.2, 0.25) is 0 Å². The van der Waals surface area contributed by atoms with Crippen LogP contribution in [0.25, 0.3) is 0 Å². The third kappa shape index (κ3) is 6.92. The normalized spacial score (nSPS) is 24.3. The van der Waals surface area contributed by atoms with Gasteiger partial charge in [-0.25, -0.2) is 0 Å². The van der Waals surface area contributed by atoms with Crippen molar-refractivity contribution in [3.05, 3.63) is 29.8 Å². The number of amides is 4. The summed E-state index contributed by atoms with van der Waals surface area (Å²) in [5.41, 5.74) is 0.217. The van der Waals surface area contributed by atoms with Gasteiger partial charge in [0.15, 0.2) is 0 Å². The average Bonchev–Trinajstić information content (AvgIpc) is 3.31. The molecule has 2 heterocycles. The maximum Gasteiger partial charge on any atom is 0.255 e. The summed E-state index contributed by atoms with van der Waals surface area (Å²) < 4.78 is 11.2. The number of nitrogens with one attached hydrogen (secondary N) is 3. The largest absolute Gasteiger partial charge is 0.491 e. The Balaban J connectivity index is 1.89. The van der Waals surface area contributed by atoms with E-state index in [1.54, 1.807) is 29.2 Å². The molecule has 0 spiro atoms. The van der Waals surface area contributed by atoms with Crippen molar-refractivity contribution in [1.29, 1.82) is 0 Å². The van der Waals surface area contributed by atoms with Gasteiger partial charge in [-0.1, -0.05) is 12.1 Å². The predicted molar refractivity (Wildman–Crippen MR) is 126 cm³/mol. The fourth-order valence-corrected chi connectivity index (χ4v) is 4.21. The molecule has 4 amide bonds. The fraction of sp³-hybridized carbons (Fsp3) is 0.583. The highest BCUT2D eigenvalue weighted by molar-refractivity contribution is 6.01. The van der Waals surface area contributed by atoms with Gasteiger partial charge in [-0.3, -0.25) is 19.2 Å². The molecule has 0 aromatic heterocycles. The van der Waals surface area contributed by atoms with E-state index in [-0.39, 0.29) is 31.4 Å². The van der Waals surface area contributed by atoms with Crippen molar-refractivity contribution >= 4 is 23.6 Å². The first-order chi connectivity index (χ1) is 16.8. The number of aliphatic hydroxyl groups is 1. The first-order valence-corrected chi connectivity index (χ1v) is 12.0. The molecule has 1 aromatic rings. The molecule has 3 rings (SSSR count). The molecular formula is C24H34N4O7.